The van der Waals surface area contributed by atoms with Crippen molar-refractivity contribution in [3.8, 4) is 5.75 Å². The summed E-state index contributed by atoms with van der Waals surface area (Å²) < 4.78 is 80.3. The lowest BCUT2D eigenvalue weighted by molar-refractivity contribution is -0.272. The Kier molecular flexibility index (Phi) is 6.57. The minimum Gasteiger partial charge on any atom is -0.493 e. The Morgan fingerprint density at radius 2 is 1.88 bits per heavy atom. The fourth-order valence-electron chi connectivity index (χ4n) is 4.12. The van der Waals surface area contributed by atoms with Crippen LogP contribution in [0.4, 0.5) is 27.6 Å². The van der Waals surface area contributed by atoms with E-state index in [1.165, 1.54) is 19.9 Å². The summed E-state index contributed by atoms with van der Waals surface area (Å²) in [5, 5.41) is 2.41. The van der Waals surface area contributed by atoms with Gasteiger partial charge >= 0.3 is 6.18 Å². The number of carbonyl (C=O) groups is 2. The van der Waals surface area contributed by atoms with Crippen LogP contribution >= 0.6 is 0 Å². The molecule has 0 unspecified atom stereocenters. The molecule has 12 heteroatoms. The van der Waals surface area contributed by atoms with Gasteiger partial charge in [0.2, 0.25) is 5.82 Å². The highest BCUT2D eigenvalue weighted by atomic mass is 19.4. The zero-order chi connectivity index (χ0) is 25.6. The molecular weight excluding hydrogens is 465 g/mol. The number of ether oxygens (including phenoxy) is 2. The van der Waals surface area contributed by atoms with Crippen molar-refractivity contribution in [2.75, 3.05) is 12.4 Å². The molecule has 34 heavy (non-hydrogen) atoms. The molecule has 184 valence electrons. The third kappa shape index (κ3) is 4.29. The third-order valence-corrected chi connectivity index (χ3v) is 6.04. The van der Waals surface area contributed by atoms with E-state index in [0.717, 1.165) is 32.2 Å². The van der Waals surface area contributed by atoms with Gasteiger partial charge in [-0.15, -0.1) is 0 Å². The van der Waals surface area contributed by atoms with Crippen LogP contribution < -0.4 is 15.8 Å². The summed E-state index contributed by atoms with van der Waals surface area (Å²) in [6, 6.07) is 4.33. The molecular formula is C22H22F5N3O4. The first-order valence-electron chi connectivity index (χ1n) is 10.1. The van der Waals surface area contributed by atoms with E-state index in [1.54, 1.807) is 0 Å². The number of nitrogens with zero attached hydrogens (tertiary/aromatic N) is 1. The van der Waals surface area contributed by atoms with Crippen molar-refractivity contribution in [2.24, 2.45) is 11.7 Å². The highest BCUT2D eigenvalue weighted by Crippen LogP contribution is 2.55. The summed E-state index contributed by atoms with van der Waals surface area (Å²) in [5.41, 5.74) is 2.45. The lowest BCUT2D eigenvalue weighted by Gasteiger charge is -2.32. The second-order valence-electron chi connectivity index (χ2n) is 8.18. The number of alkyl halides is 3. The maximum absolute atomic E-state index is 14.4. The Morgan fingerprint density at radius 3 is 2.44 bits per heavy atom. The summed E-state index contributed by atoms with van der Waals surface area (Å²) in [4.78, 5) is 28.5. The standard InChI is InChI=1S/C22H22F5N3O4/c1-9-7-11(8-14(29-9)19(28)31)30-20(32)18-15(10(2)21(3,34-18)22(25,26)27)12-5-6-13(23)16(24)17(12)33-4/h5-8,10,15,18H,1-4H3,(H2,28,31)(H,29,30,32)/t10-,15+,18-,21+/m1/s1. The molecule has 1 aromatic carbocycles. The number of methoxy groups -OCH3 is 1. The smallest absolute Gasteiger partial charge is 0.417 e. The number of aryl methyl sites for hydroxylation is 1. The first-order chi connectivity index (χ1) is 15.7. The predicted molar refractivity (Wildman–Crippen MR) is 110 cm³/mol. The highest BCUT2D eigenvalue weighted by Gasteiger charge is 2.65. The van der Waals surface area contributed by atoms with Gasteiger partial charge in [-0.05, 0) is 32.0 Å². The number of hydrogen-bond donors (Lipinski definition) is 2. The van der Waals surface area contributed by atoms with E-state index < -0.39 is 58.9 Å². The van der Waals surface area contributed by atoms with E-state index in [1.807, 2.05) is 0 Å². The monoisotopic (exact) mass is 487 g/mol. The van der Waals surface area contributed by atoms with Gasteiger partial charge in [0, 0.05) is 28.8 Å². The van der Waals surface area contributed by atoms with Gasteiger partial charge in [0.05, 0.1) is 7.11 Å². The normalized spacial score (nSPS) is 24.7. The van der Waals surface area contributed by atoms with Crippen molar-refractivity contribution in [3.05, 3.63) is 52.9 Å². The van der Waals surface area contributed by atoms with Crippen LogP contribution in [0.25, 0.3) is 0 Å². The van der Waals surface area contributed by atoms with E-state index in [-0.39, 0.29) is 16.9 Å². The quantitative estimate of drug-likeness (QED) is 0.624. The molecule has 1 fully saturated rings. The van der Waals surface area contributed by atoms with Gasteiger partial charge in [-0.25, -0.2) is 9.37 Å². The number of anilines is 1. The van der Waals surface area contributed by atoms with Gasteiger partial charge in [0.15, 0.2) is 17.2 Å². The Hall–Kier alpha value is -3.28. The molecule has 0 aliphatic carbocycles. The van der Waals surface area contributed by atoms with E-state index >= 15 is 0 Å². The average Bonchev–Trinajstić information content (AvgIpc) is 3.01. The maximum Gasteiger partial charge on any atom is 0.417 e. The number of halogens is 5. The molecule has 1 aliphatic rings. The number of hydrogen-bond acceptors (Lipinski definition) is 5. The molecule has 1 saturated heterocycles. The van der Waals surface area contributed by atoms with Crippen molar-refractivity contribution in [2.45, 2.75) is 44.6 Å². The van der Waals surface area contributed by atoms with Crippen LogP contribution in [0, 0.1) is 24.5 Å². The van der Waals surface area contributed by atoms with E-state index in [9.17, 15) is 31.5 Å². The Labute approximate surface area is 191 Å². The van der Waals surface area contributed by atoms with Gasteiger partial charge in [-0.1, -0.05) is 13.0 Å². The largest absolute Gasteiger partial charge is 0.493 e. The Bertz CT molecular complexity index is 1140. The molecule has 2 heterocycles. The van der Waals surface area contributed by atoms with Crippen LogP contribution in [-0.2, 0) is 9.53 Å². The van der Waals surface area contributed by atoms with E-state index in [2.05, 4.69) is 10.3 Å². The van der Waals surface area contributed by atoms with E-state index in [0.29, 0.717) is 5.69 Å². The van der Waals surface area contributed by atoms with Crippen molar-refractivity contribution >= 4 is 17.5 Å². The molecule has 1 aromatic heterocycles. The summed E-state index contributed by atoms with van der Waals surface area (Å²) in [6.07, 6.45) is -6.66. The maximum atomic E-state index is 14.4. The summed E-state index contributed by atoms with van der Waals surface area (Å²) in [7, 11) is 1.03. The Balaban J connectivity index is 2.09. The van der Waals surface area contributed by atoms with Gasteiger partial charge in [0.1, 0.15) is 11.8 Å². The number of aromatic nitrogens is 1. The van der Waals surface area contributed by atoms with Crippen LogP contribution in [0.15, 0.2) is 24.3 Å². The molecule has 4 atom stereocenters. The number of benzene rings is 1. The number of pyridine rings is 1. The molecule has 0 spiro atoms. The van der Waals surface area contributed by atoms with Crippen molar-refractivity contribution in [3.63, 3.8) is 0 Å². The van der Waals surface area contributed by atoms with Gasteiger partial charge in [-0.3, -0.25) is 9.59 Å². The fraction of sp³-hybridized carbons (Fsp3) is 0.409. The van der Waals surface area contributed by atoms with Crippen molar-refractivity contribution in [1.82, 2.24) is 4.98 Å². The topological polar surface area (TPSA) is 104 Å². The molecule has 3 N–H and O–H groups in total. The molecule has 1 aliphatic heterocycles. The van der Waals surface area contributed by atoms with Crippen molar-refractivity contribution in [1.29, 1.82) is 0 Å². The SMILES string of the molecule is COc1c([C@@H]2[C@@H](C)[C@@](C)(C(F)(F)F)O[C@H]2C(=O)Nc2cc(C)nc(C(N)=O)c2)ccc(F)c1F. The number of amides is 2. The molecule has 0 bridgehead atoms. The third-order valence-electron chi connectivity index (χ3n) is 6.04. The number of rotatable bonds is 5. The van der Waals surface area contributed by atoms with E-state index in [4.69, 9.17) is 15.2 Å². The minimum atomic E-state index is -4.89. The van der Waals surface area contributed by atoms with Crippen LogP contribution in [0.1, 0.15) is 41.5 Å². The molecule has 7 nitrogen and oxygen atoms in total. The second kappa shape index (κ2) is 8.82. The van der Waals surface area contributed by atoms with Crippen LogP contribution in [0.5, 0.6) is 5.75 Å². The van der Waals surface area contributed by atoms with Gasteiger partial charge < -0.3 is 20.5 Å². The number of nitrogens with two attached hydrogens (primary N) is 1. The lowest BCUT2D eigenvalue weighted by atomic mass is 9.77. The van der Waals surface area contributed by atoms with Crippen LogP contribution in [0.2, 0.25) is 0 Å². The summed E-state index contributed by atoms with van der Waals surface area (Å²) in [5.74, 6) is -7.93. The zero-order valence-electron chi connectivity index (χ0n) is 18.6. The molecule has 2 amide bonds. The average molecular weight is 487 g/mol. The predicted octanol–water partition coefficient (Wildman–Crippen LogP) is 3.85. The molecule has 3 rings (SSSR count). The number of primary amides is 1. The van der Waals surface area contributed by atoms with Crippen molar-refractivity contribution < 1.29 is 41.0 Å². The first-order valence-corrected chi connectivity index (χ1v) is 10.1. The second-order valence-corrected chi connectivity index (χ2v) is 8.18. The van der Waals surface area contributed by atoms with Gasteiger partial charge in [0.25, 0.3) is 11.8 Å². The van der Waals surface area contributed by atoms with Crippen LogP contribution in [0.3, 0.4) is 0 Å². The van der Waals surface area contributed by atoms with Gasteiger partial charge in [-0.2, -0.15) is 17.6 Å². The molecule has 2 aromatic rings. The lowest BCUT2D eigenvalue weighted by Crippen LogP contribution is -2.47. The van der Waals surface area contributed by atoms with Crippen LogP contribution in [-0.4, -0.2) is 41.8 Å². The summed E-state index contributed by atoms with van der Waals surface area (Å²) >= 11 is 0. The number of carbonyl (C=O) groups excluding carboxylic acids is 2. The highest BCUT2D eigenvalue weighted by molar-refractivity contribution is 5.97. The summed E-state index contributed by atoms with van der Waals surface area (Å²) in [6.45, 7) is 3.51. The first kappa shape index (κ1) is 25.3. The molecule has 0 radical (unpaired) electrons. The fourth-order valence-corrected chi connectivity index (χ4v) is 4.12. The molecule has 0 saturated carbocycles. The number of nitrogens with one attached hydrogen (secondary N) is 1. The zero-order valence-corrected chi connectivity index (χ0v) is 18.6. The minimum absolute atomic E-state index is 0.0409. The Morgan fingerprint density at radius 1 is 1.24 bits per heavy atom.